The fraction of sp³-hybridized carbons (Fsp3) is 0.667. The third-order valence-electron chi connectivity index (χ3n) is 0.519. The maximum Gasteiger partial charge on any atom is 0.356 e. The van der Waals surface area contributed by atoms with E-state index in [2.05, 4.69) is 4.74 Å². The number of carbonyl (C=O) groups excluding carboxylic acids is 1. The molecular weight excluding hydrogens is 131 g/mol. The Balaban J connectivity index is 3.46. The first-order valence-corrected chi connectivity index (χ1v) is 3.35. The van der Waals surface area contributed by atoms with Gasteiger partial charge in [-0.05, 0) is 0 Å². The highest BCUT2D eigenvalue weighted by Gasteiger charge is 2.12. The fourth-order valence-electron chi connectivity index (χ4n) is 0.163. The van der Waals surface area contributed by atoms with Crippen molar-refractivity contribution in [1.29, 1.82) is 0 Å². The minimum Gasteiger partial charge on any atom is -0.464 e. The Kier molecular flexibility index (Phi) is 3.69. The summed E-state index contributed by atoms with van der Waals surface area (Å²) in [5.41, 5.74) is -0.748. The molecule has 0 bridgehead atoms. The van der Waals surface area contributed by atoms with Gasteiger partial charge in [0.05, 0.1) is 13.5 Å². The molecule has 0 rings (SSSR count). The first kappa shape index (κ1) is 7.82. The molecule has 0 aliphatic carbocycles. The van der Waals surface area contributed by atoms with Crippen LogP contribution in [0.25, 0.3) is 0 Å². The van der Waals surface area contributed by atoms with Gasteiger partial charge < -0.3 is 14.7 Å². The van der Waals surface area contributed by atoms with Crippen LogP contribution in [0.15, 0.2) is 0 Å². The zero-order valence-electron chi connectivity index (χ0n) is 4.37. The Morgan fingerprint density at radius 2 is 2.38 bits per heavy atom. The van der Waals surface area contributed by atoms with Gasteiger partial charge in [-0.25, -0.2) is 4.79 Å². The van der Waals surface area contributed by atoms with Crippen LogP contribution in [0.3, 0.4) is 0 Å². The van der Waals surface area contributed by atoms with Crippen LogP contribution in [0.2, 0.25) is 0 Å². The molecule has 5 heteroatoms. The minimum absolute atomic E-state index is 0.526. The Bertz CT molecular complexity index is 83.4. The van der Waals surface area contributed by atoms with Gasteiger partial charge in [0.1, 0.15) is 0 Å². The SMILES string of the molecule is COC(=O)P(O)CO. The summed E-state index contributed by atoms with van der Waals surface area (Å²) in [5.74, 6) is 0. The van der Waals surface area contributed by atoms with E-state index in [0.717, 1.165) is 7.11 Å². The molecule has 0 heterocycles. The van der Waals surface area contributed by atoms with Crippen molar-refractivity contribution in [3.63, 3.8) is 0 Å². The number of rotatable bonds is 2. The first-order chi connectivity index (χ1) is 3.72. The molecule has 0 saturated carbocycles. The second-order valence-electron chi connectivity index (χ2n) is 1.01. The molecule has 0 aromatic heterocycles. The Morgan fingerprint density at radius 1 is 1.88 bits per heavy atom. The highest BCUT2D eigenvalue weighted by Crippen LogP contribution is 2.29. The highest BCUT2D eigenvalue weighted by atomic mass is 31.1. The molecule has 0 spiro atoms. The van der Waals surface area contributed by atoms with Crippen molar-refractivity contribution >= 4 is 13.9 Å². The lowest BCUT2D eigenvalue weighted by molar-refractivity contribution is 0.195. The largest absolute Gasteiger partial charge is 0.464 e. The molecule has 1 unspecified atom stereocenters. The quantitative estimate of drug-likeness (QED) is 0.530. The van der Waals surface area contributed by atoms with Gasteiger partial charge in [-0.2, -0.15) is 0 Å². The number of hydrogen-bond donors (Lipinski definition) is 2. The van der Waals surface area contributed by atoms with Crippen LogP contribution in [-0.2, 0) is 4.74 Å². The maximum atomic E-state index is 10.1. The van der Waals surface area contributed by atoms with E-state index in [-0.39, 0.29) is 0 Å². The lowest BCUT2D eigenvalue weighted by atomic mass is 11.5. The van der Waals surface area contributed by atoms with E-state index in [0.29, 0.717) is 0 Å². The molecular formula is C3H7O4P. The van der Waals surface area contributed by atoms with E-state index in [4.69, 9.17) is 10.00 Å². The van der Waals surface area contributed by atoms with Gasteiger partial charge in [0, 0.05) is 0 Å². The minimum atomic E-state index is -1.95. The molecule has 2 N–H and O–H groups in total. The number of carbonyl (C=O) groups is 1. The Morgan fingerprint density at radius 3 is 2.50 bits per heavy atom. The summed E-state index contributed by atoms with van der Waals surface area (Å²) in [7, 11) is -0.789. The molecule has 48 valence electrons. The van der Waals surface area contributed by atoms with Crippen molar-refractivity contribution < 1.29 is 19.5 Å². The predicted octanol–water partition coefficient (Wildman–Crippen LogP) is 0.0918. The lowest BCUT2D eigenvalue weighted by Crippen LogP contribution is -1.96. The van der Waals surface area contributed by atoms with E-state index < -0.39 is 20.2 Å². The van der Waals surface area contributed by atoms with Crippen LogP contribution in [-0.4, -0.2) is 29.2 Å². The molecule has 0 amide bonds. The van der Waals surface area contributed by atoms with E-state index in [1.807, 2.05) is 0 Å². The second kappa shape index (κ2) is 3.78. The van der Waals surface area contributed by atoms with E-state index >= 15 is 0 Å². The molecule has 0 saturated heterocycles. The lowest BCUT2D eigenvalue weighted by Gasteiger charge is -2.00. The van der Waals surface area contributed by atoms with E-state index in [1.54, 1.807) is 0 Å². The van der Waals surface area contributed by atoms with Crippen LogP contribution in [0.1, 0.15) is 0 Å². The van der Waals surface area contributed by atoms with Gasteiger partial charge in [-0.3, -0.25) is 0 Å². The van der Waals surface area contributed by atoms with Gasteiger partial charge in [-0.1, -0.05) is 0 Å². The molecule has 0 aromatic rings. The van der Waals surface area contributed by atoms with Crippen molar-refractivity contribution in [3.8, 4) is 0 Å². The van der Waals surface area contributed by atoms with Crippen LogP contribution in [0.4, 0.5) is 4.79 Å². The number of aliphatic hydroxyl groups is 1. The Hall–Kier alpha value is -0.180. The van der Waals surface area contributed by atoms with E-state index in [1.165, 1.54) is 0 Å². The third-order valence-corrected chi connectivity index (χ3v) is 1.39. The number of hydrogen-bond acceptors (Lipinski definition) is 4. The monoisotopic (exact) mass is 138 g/mol. The molecule has 0 aliphatic heterocycles. The average molecular weight is 138 g/mol. The Labute approximate surface area is 47.9 Å². The number of ether oxygens (including phenoxy) is 1. The maximum absolute atomic E-state index is 10.1. The standard InChI is InChI=1S/C3H7O4P/c1-7-3(5)8(6)2-4/h4,6H,2H2,1H3. The zero-order valence-corrected chi connectivity index (χ0v) is 5.26. The van der Waals surface area contributed by atoms with Gasteiger partial charge in [0.2, 0.25) is 0 Å². The molecule has 4 nitrogen and oxygen atoms in total. The summed E-state index contributed by atoms with van der Waals surface area (Å²) in [4.78, 5) is 18.6. The summed E-state index contributed by atoms with van der Waals surface area (Å²) in [5, 5.41) is 8.11. The fourth-order valence-corrected chi connectivity index (χ4v) is 0.489. The smallest absolute Gasteiger partial charge is 0.356 e. The van der Waals surface area contributed by atoms with Gasteiger partial charge in [0.25, 0.3) is 0 Å². The summed E-state index contributed by atoms with van der Waals surface area (Å²) >= 11 is 0. The molecule has 8 heavy (non-hydrogen) atoms. The van der Waals surface area contributed by atoms with Crippen LogP contribution in [0.5, 0.6) is 0 Å². The van der Waals surface area contributed by atoms with Crippen LogP contribution < -0.4 is 0 Å². The molecule has 1 atom stereocenters. The van der Waals surface area contributed by atoms with Crippen LogP contribution in [0, 0.1) is 0 Å². The second-order valence-corrected chi connectivity index (χ2v) is 2.46. The van der Waals surface area contributed by atoms with Crippen molar-refractivity contribution in [2.45, 2.75) is 0 Å². The number of methoxy groups -OCH3 is 1. The summed E-state index contributed by atoms with van der Waals surface area (Å²) in [6.07, 6.45) is -0.526. The number of aliphatic hydroxyl groups excluding tert-OH is 1. The summed E-state index contributed by atoms with van der Waals surface area (Å²) in [6.45, 7) is 0. The third kappa shape index (κ3) is 2.21. The average Bonchev–Trinajstić information content (AvgIpc) is 1.84. The van der Waals surface area contributed by atoms with Gasteiger partial charge >= 0.3 is 5.71 Å². The molecule has 0 radical (unpaired) electrons. The predicted molar refractivity (Wildman–Crippen MR) is 28.6 cm³/mol. The molecule has 0 aromatic carbocycles. The molecule has 0 fully saturated rings. The van der Waals surface area contributed by atoms with Crippen molar-refractivity contribution in [2.75, 3.05) is 13.5 Å². The topological polar surface area (TPSA) is 66.8 Å². The summed E-state index contributed by atoms with van der Waals surface area (Å²) in [6, 6.07) is 0. The van der Waals surface area contributed by atoms with Crippen LogP contribution >= 0.6 is 8.15 Å². The van der Waals surface area contributed by atoms with Crippen molar-refractivity contribution in [1.82, 2.24) is 0 Å². The zero-order chi connectivity index (χ0) is 6.57. The van der Waals surface area contributed by atoms with Crippen molar-refractivity contribution in [2.24, 2.45) is 0 Å². The first-order valence-electron chi connectivity index (χ1n) is 1.87. The highest BCUT2D eigenvalue weighted by molar-refractivity contribution is 7.68. The van der Waals surface area contributed by atoms with Gasteiger partial charge in [-0.15, -0.1) is 0 Å². The van der Waals surface area contributed by atoms with E-state index in [9.17, 15) is 4.79 Å². The summed E-state index contributed by atoms with van der Waals surface area (Å²) < 4.78 is 4.08. The van der Waals surface area contributed by atoms with Gasteiger partial charge in [0.15, 0.2) is 8.15 Å². The molecule has 0 aliphatic rings. The van der Waals surface area contributed by atoms with Crippen molar-refractivity contribution in [3.05, 3.63) is 0 Å². The normalized spacial score (nSPS) is 12.9.